The molecular formula is C28H32N2O7. The molecule has 9 nitrogen and oxygen atoms in total. The summed E-state index contributed by atoms with van der Waals surface area (Å²) in [5.41, 5.74) is 2.52. The Labute approximate surface area is 216 Å². The molecule has 0 aliphatic rings. The minimum atomic E-state index is -1.04. The Morgan fingerprint density at radius 1 is 0.919 bits per heavy atom. The van der Waals surface area contributed by atoms with E-state index in [0.717, 1.165) is 11.1 Å². The second-order valence-corrected chi connectivity index (χ2v) is 8.64. The molecule has 3 rings (SSSR count). The average Bonchev–Trinajstić information content (AvgIpc) is 2.88. The molecule has 0 saturated heterocycles. The van der Waals surface area contributed by atoms with Crippen molar-refractivity contribution in [2.75, 3.05) is 14.2 Å². The highest BCUT2D eigenvalue weighted by atomic mass is 16.6. The standard InChI is InChI=1S/C28H32N2O7/c1-16-7-10-20(11-8-16)37-26(21-12-9-17(2)15-23(21)35-6)19(4)36-28(33)18(3)30-27(32)24-25(31)22(34-5)13-14-29-24/h7-15,18-19,26,31H,1-6H3,(H,30,32)/t18-,19-,26-/m0/s1. The third-order valence-corrected chi connectivity index (χ3v) is 5.73. The molecular weight excluding hydrogens is 476 g/mol. The van der Waals surface area contributed by atoms with E-state index in [2.05, 4.69) is 10.3 Å². The van der Waals surface area contributed by atoms with Gasteiger partial charge in [0, 0.05) is 17.8 Å². The lowest BCUT2D eigenvalue weighted by molar-refractivity contribution is -0.154. The van der Waals surface area contributed by atoms with E-state index in [0.29, 0.717) is 17.1 Å². The van der Waals surface area contributed by atoms with Gasteiger partial charge in [0.1, 0.15) is 23.6 Å². The predicted octanol–water partition coefficient (Wildman–Crippen LogP) is 4.29. The van der Waals surface area contributed by atoms with Gasteiger partial charge in [-0.2, -0.15) is 0 Å². The number of carbonyl (C=O) groups excluding carboxylic acids is 2. The van der Waals surface area contributed by atoms with Gasteiger partial charge in [-0.15, -0.1) is 0 Å². The Morgan fingerprint density at radius 3 is 2.22 bits per heavy atom. The van der Waals surface area contributed by atoms with Crippen molar-refractivity contribution >= 4 is 11.9 Å². The molecule has 2 aromatic carbocycles. The van der Waals surface area contributed by atoms with E-state index in [1.54, 1.807) is 14.0 Å². The van der Waals surface area contributed by atoms with Crippen LogP contribution in [0.5, 0.6) is 23.0 Å². The molecule has 3 atom stereocenters. The number of nitrogens with one attached hydrogen (secondary N) is 1. The van der Waals surface area contributed by atoms with Crippen molar-refractivity contribution in [2.24, 2.45) is 0 Å². The van der Waals surface area contributed by atoms with Crippen LogP contribution in [0.1, 0.15) is 47.1 Å². The minimum Gasteiger partial charge on any atom is -0.503 e. The Morgan fingerprint density at radius 2 is 1.57 bits per heavy atom. The molecule has 0 saturated carbocycles. The largest absolute Gasteiger partial charge is 0.503 e. The van der Waals surface area contributed by atoms with E-state index in [4.69, 9.17) is 18.9 Å². The first-order valence-corrected chi connectivity index (χ1v) is 11.8. The van der Waals surface area contributed by atoms with Gasteiger partial charge in [0.2, 0.25) is 0 Å². The average molecular weight is 509 g/mol. The summed E-state index contributed by atoms with van der Waals surface area (Å²) in [6.45, 7) is 7.11. The second kappa shape index (κ2) is 12.1. The van der Waals surface area contributed by atoms with Gasteiger partial charge in [-0.05, 0) is 51.5 Å². The molecule has 0 radical (unpaired) electrons. The molecule has 1 amide bonds. The third kappa shape index (κ3) is 6.69. The molecule has 2 N–H and O–H groups in total. The number of methoxy groups -OCH3 is 2. The van der Waals surface area contributed by atoms with Crippen LogP contribution >= 0.6 is 0 Å². The Kier molecular flexibility index (Phi) is 8.95. The predicted molar refractivity (Wildman–Crippen MR) is 137 cm³/mol. The van der Waals surface area contributed by atoms with Crippen LogP contribution in [0.4, 0.5) is 0 Å². The molecule has 0 aliphatic heterocycles. The highest BCUT2D eigenvalue weighted by molar-refractivity contribution is 5.97. The molecule has 37 heavy (non-hydrogen) atoms. The number of nitrogens with zero attached hydrogens (tertiary/aromatic N) is 1. The van der Waals surface area contributed by atoms with Gasteiger partial charge in [0.25, 0.3) is 5.91 Å². The fourth-order valence-corrected chi connectivity index (χ4v) is 3.67. The number of hydrogen-bond donors (Lipinski definition) is 2. The Hall–Kier alpha value is -4.27. The fourth-order valence-electron chi connectivity index (χ4n) is 3.67. The maximum Gasteiger partial charge on any atom is 0.328 e. The van der Waals surface area contributed by atoms with E-state index < -0.39 is 35.9 Å². The molecule has 1 aromatic heterocycles. The lowest BCUT2D eigenvalue weighted by Gasteiger charge is -2.28. The lowest BCUT2D eigenvalue weighted by atomic mass is 10.0. The number of esters is 1. The van der Waals surface area contributed by atoms with Gasteiger partial charge in [-0.3, -0.25) is 4.79 Å². The number of carbonyl (C=O) groups is 2. The number of rotatable bonds is 10. The van der Waals surface area contributed by atoms with Crippen molar-refractivity contribution in [1.82, 2.24) is 10.3 Å². The summed E-state index contributed by atoms with van der Waals surface area (Å²) in [6, 6.07) is 13.6. The Bertz CT molecular complexity index is 1240. The van der Waals surface area contributed by atoms with E-state index in [9.17, 15) is 14.7 Å². The molecule has 0 fully saturated rings. The van der Waals surface area contributed by atoms with Crippen LogP contribution in [-0.4, -0.2) is 48.3 Å². The summed E-state index contributed by atoms with van der Waals surface area (Å²) in [4.78, 5) is 29.5. The highest BCUT2D eigenvalue weighted by Gasteiger charge is 2.30. The van der Waals surface area contributed by atoms with Crippen molar-refractivity contribution in [3.8, 4) is 23.0 Å². The molecule has 0 aliphatic carbocycles. The van der Waals surface area contributed by atoms with Gasteiger partial charge in [0.05, 0.1) is 14.2 Å². The van der Waals surface area contributed by atoms with Crippen LogP contribution in [-0.2, 0) is 9.53 Å². The monoisotopic (exact) mass is 508 g/mol. The number of aromatic hydroxyl groups is 1. The van der Waals surface area contributed by atoms with Crippen molar-refractivity contribution in [3.63, 3.8) is 0 Å². The number of amides is 1. The number of aryl methyl sites for hydroxylation is 2. The lowest BCUT2D eigenvalue weighted by Crippen LogP contribution is -2.42. The van der Waals surface area contributed by atoms with Gasteiger partial charge >= 0.3 is 5.97 Å². The zero-order valence-corrected chi connectivity index (χ0v) is 21.8. The molecule has 0 unspecified atom stereocenters. The maximum absolute atomic E-state index is 12.9. The summed E-state index contributed by atoms with van der Waals surface area (Å²) in [7, 11) is 2.92. The number of aromatic nitrogens is 1. The minimum absolute atomic E-state index is 0.0899. The van der Waals surface area contributed by atoms with Crippen molar-refractivity contribution < 1.29 is 33.6 Å². The molecule has 9 heteroatoms. The SMILES string of the molecule is COc1cc(C)ccc1[C@@H](Oc1ccc(C)cc1)[C@H](C)OC(=O)[C@H](C)NC(=O)c1nccc(OC)c1O. The zero-order valence-electron chi connectivity index (χ0n) is 21.8. The number of ether oxygens (including phenoxy) is 4. The van der Waals surface area contributed by atoms with Crippen LogP contribution in [0.15, 0.2) is 54.7 Å². The summed E-state index contributed by atoms with van der Waals surface area (Å²) in [5, 5.41) is 12.7. The maximum atomic E-state index is 12.9. The van der Waals surface area contributed by atoms with Gasteiger partial charge in [0.15, 0.2) is 23.3 Å². The smallest absolute Gasteiger partial charge is 0.328 e. The topological polar surface area (TPSA) is 116 Å². The molecule has 0 bridgehead atoms. The number of benzene rings is 2. The molecule has 196 valence electrons. The van der Waals surface area contributed by atoms with Gasteiger partial charge in [-0.1, -0.05) is 29.8 Å². The summed E-state index contributed by atoms with van der Waals surface area (Å²) in [6.07, 6.45) is -0.136. The summed E-state index contributed by atoms with van der Waals surface area (Å²) in [5.74, 6) is -0.572. The highest BCUT2D eigenvalue weighted by Crippen LogP contribution is 2.34. The van der Waals surface area contributed by atoms with Gasteiger partial charge < -0.3 is 29.4 Å². The second-order valence-electron chi connectivity index (χ2n) is 8.64. The van der Waals surface area contributed by atoms with Crippen LogP contribution in [0.2, 0.25) is 0 Å². The number of pyridine rings is 1. The van der Waals surface area contributed by atoms with Gasteiger partial charge in [-0.25, -0.2) is 9.78 Å². The first-order valence-electron chi connectivity index (χ1n) is 11.8. The van der Waals surface area contributed by atoms with Crippen LogP contribution < -0.4 is 19.5 Å². The third-order valence-electron chi connectivity index (χ3n) is 5.73. The van der Waals surface area contributed by atoms with E-state index in [-0.39, 0.29) is 11.4 Å². The van der Waals surface area contributed by atoms with Crippen molar-refractivity contribution in [3.05, 3.63) is 77.1 Å². The van der Waals surface area contributed by atoms with Crippen molar-refractivity contribution in [2.45, 2.75) is 45.9 Å². The Balaban J connectivity index is 1.79. The van der Waals surface area contributed by atoms with Crippen LogP contribution in [0, 0.1) is 13.8 Å². The summed E-state index contributed by atoms with van der Waals surface area (Å²) >= 11 is 0. The van der Waals surface area contributed by atoms with Crippen LogP contribution in [0.25, 0.3) is 0 Å². The summed E-state index contributed by atoms with van der Waals surface area (Å²) < 4.78 is 22.6. The molecule has 3 aromatic rings. The van der Waals surface area contributed by atoms with Crippen molar-refractivity contribution in [1.29, 1.82) is 0 Å². The quantitative estimate of drug-likeness (QED) is 0.390. The van der Waals surface area contributed by atoms with Crippen LogP contribution in [0.3, 0.4) is 0 Å². The molecule has 1 heterocycles. The normalized spacial score (nSPS) is 13.1. The van der Waals surface area contributed by atoms with E-state index in [1.165, 1.54) is 26.3 Å². The first-order chi connectivity index (χ1) is 17.6. The first kappa shape index (κ1) is 27.3. The number of hydrogen-bond acceptors (Lipinski definition) is 8. The van der Waals surface area contributed by atoms with E-state index in [1.807, 2.05) is 56.3 Å². The molecule has 0 spiro atoms. The zero-order chi connectivity index (χ0) is 27.1. The van der Waals surface area contributed by atoms with E-state index >= 15 is 0 Å². The fraction of sp³-hybridized carbons (Fsp3) is 0.321.